The molecule has 44 heavy (non-hydrogen) atoms. The number of carbonyl (C=O) groups excluding carboxylic acids is 4. The standard InChI is InChI=1S/C31H41N5O8/c1-19(2)25(32-16-10-13-21-11-6-4-7-12-21)29(41)34-20(3)28(40)35-36(18-24(38)39)31(43)27-26(44-27)30(42)33-17-23(37)22-14-8-5-9-15-22/h4-9,11-12,14-15,19-20,23,25-27,32,37H,10,13,16-18H2,1-3H3,(H,33,42)(H,34,41)(H,35,40)(H,38,39)/t20-,23?,25-,26+,27+/m0/s1. The summed E-state index contributed by atoms with van der Waals surface area (Å²) in [5, 5.41) is 28.4. The van der Waals surface area contributed by atoms with Crippen LogP contribution in [0.3, 0.4) is 0 Å². The van der Waals surface area contributed by atoms with Crippen molar-refractivity contribution in [3.8, 4) is 0 Å². The lowest BCUT2D eigenvalue weighted by Crippen LogP contribution is -2.58. The number of carbonyl (C=O) groups is 5. The van der Waals surface area contributed by atoms with Crippen LogP contribution in [0.5, 0.6) is 0 Å². The molecule has 0 radical (unpaired) electrons. The minimum absolute atomic E-state index is 0.0871. The van der Waals surface area contributed by atoms with E-state index in [0.717, 1.165) is 12.8 Å². The third kappa shape index (κ3) is 10.4. The van der Waals surface area contributed by atoms with Crippen molar-refractivity contribution in [3.05, 3.63) is 71.8 Å². The molecule has 238 valence electrons. The number of carboxylic acid groups (broad SMARTS) is 1. The van der Waals surface area contributed by atoms with Gasteiger partial charge < -0.3 is 30.9 Å². The van der Waals surface area contributed by atoms with E-state index < -0.39 is 66.5 Å². The van der Waals surface area contributed by atoms with E-state index in [1.165, 1.54) is 12.5 Å². The summed E-state index contributed by atoms with van der Waals surface area (Å²) in [6.07, 6.45) is -1.87. The highest BCUT2D eigenvalue weighted by atomic mass is 16.6. The highest BCUT2D eigenvalue weighted by Crippen LogP contribution is 2.24. The van der Waals surface area contributed by atoms with Gasteiger partial charge in [0.1, 0.15) is 12.6 Å². The molecule has 5 atom stereocenters. The lowest BCUT2D eigenvalue weighted by Gasteiger charge is -2.26. The van der Waals surface area contributed by atoms with Crippen LogP contribution >= 0.6 is 0 Å². The van der Waals surface area contributed by atoms with Gasteiger partial charge in [0.2, 0.25) is 5.91 Å². The van der Waals surface area contributed by atoms with Gasteiger partial charge in [-0.3, -0.25) is 29.4 Å². The van der Waals surface area contributed by atoms with Gasteiger partial charge in [0, 0.05) is 6.54 Å². The molecule has 3 rings (SSSR count). The van der Waals surface area contributed by atoms with Gasteiger partial charge in [0.25, 0.3) is 17.7 Å². The van der Waals surface area contributed by atoms with Crippen LogP contribution < -0.4 is 21.4 Å². The zero-order valence-corrected chi connectivity index (χ0v) is 25.1. The summed E-state index contributed by atoms with van der Waals surface area (Å²) < 4.78 is 5.17. The van der Waals surface area contributed by atoms with E-state index in [-0.39, 0.29) is 12.5 Å². The van der Waals surface area contributed by atoms with Crippen LogP contribution in [0.15, 0.2) is 60.7 Å². The van der Waals surface area contributed by atoms with E-state index >= 15 is 0 Å². The van der Waals surface area contributed by atoms with Gasteiger partial charge in [0.15, 0.2) is 12.2 Å². The molecule has 1 unspecified atom stereocenters. The molecule has 0 bridgehead atoms. The summed E-state index contributed by atoms with van der Waals surface area (Å²) in [4.78, 5) is 62.7. The summed E-state index contributed by atoms with van der Waals surface area (Å²) in [5.41, 5.74) is 4.00. The van der Waals surface area contributed by atoms with Crippen molar-refractivity contribution in [2.24, 2.45) is 5.92 Å². The quantitative estimate of drug-likeness (QED) is 0.0881. The number of hydrogen-bond donors (Lipinski definition) is 6. The molecule has 1 aliphatic rings. The molecule has 2 aromatic rings. The SMILES string of the molecule is CC(C)[C@H](NCCCc1ccccc1)C(=O)N[C@@H](C)C(=O)NN(CC(=O)O)C(=O)[C@@H]1O[C@H]1C(=O)NCC(O)c1ccccc1. The van der Waals surface area contributed by atoms with Crippen molar-refractivity contribution in [2.45, 2.75) is 64.0 Å². The number of aliphatic hydroxyl groups excluding tert-OH is 1. The Labute approximate surface area is 256 Å². The summed E-state index contributed by atoms with van der Waals surface area (Å²) in [6.45, 7) is 4.70. The first-order chi connectivity index (χ1) is 21.0. The molecule has 1 fully saturated rings. The minimum Gasteiger partial charge on any atom is -0.480 e. The molecule has 0 aromatic heterocycles. The molecule has 1 aliphatic heterocycles. The van der Waals surface area contributed by atoms with Crippen LogP contribution in [-0.2, 0) is 35.1 Å². The molecule has 2 aromatic carbocycles. The third-order valence-corrected chi connectivity index (χ3v) is 7.00. The smallest absolute Gasteiger partial charge is 0.325 e. The Morgan fingerprint density at radius 3 is 2.16 bits per heavy atom. The fourth-order valence-corrected chi connectivity index (χ4v) is 4.48. The van der Waals surface area contributed by atoms with Crippen molar-refractivity contribution in [1.82, 2.24) is 26.4 Å². The van der Waals surface area contributed by atoms with E-state index in [1.807, 2.05) is 44.2 Å². The normalized spacial score (nSPS) is 17.6. The number of hydrogen-bond acceptors (Lipinski definition) is 8. The molecule has 1 saturated heterocycles. The number of rotatable bonds is 16. The monoisotopic (exact) mass is 611 g/mol. The summed E-state index contributed by atoms with van der Waals surface area (Å²) >= 11 is 0. The number of aliphatic carboxylic acids is 1. The number of benzene rings is 2. The van der Waals surface area contributed by atoms with E-state index in [2.05, 4.69) is 21.4 Å². The minimum atomic E-state index is -1.41. The van der Waals surface area contributed by atoms with Gasteiger partial charge in [-0.15, -0.1) is 0 Å². The summed E-state index contributed by atoms with van der Waals surface area (Å²) in [6, 6.07) is 16.9. The number of hydrazine groups is 1. The zero-order chi connectivity index (χ0) is 32.2. The van der Waals surface area contributed by atoms with Crippen LogP contribution in [0.1, 0.15) is 44.4 Å². The summed E-state index contributed by atoms with van der Waals surface area (Å²) in [7, 11) is 0. The van der Waals surface area contributed by atoms with Gasteiger partial charge in [-0.1, -0.05) is 74.5 Å². The Bertz CT molecular complexity index is 1280. The number of amides is 4. The maximum atomic E-state index is 13.0. The number of ether oxygens (including phenoxy) is 1. The van der Waals surface area contributed by atoms with Gasteiger partial charge in [-0.2, -0.15) is 0 Å². The predicted octanol–water partition coefficient (Wildman–Crippen LogP) is 0.300. The first-order valence-corrected chi connectivity index (χ1v) is 14.6. The Kier molecular flexibility index (Phi) is 12.8. The van der Waals surface area contributed by atoms with E-state index in [9.17, 15) is 34.2 Å². The molecule has 1 heterocycles. The zero-order valence-electron chi connectivity index (χ0n) is 25.1. The lowest BCUT2D eigenvalue weighted by molar-refractivity contribution is -0.151. The maximum Gasteiger partial charge on any atom is 0.325 e. The molecule has 13 nitrogen and oxygen atoms in total. The van der Waals surface area contributed by atoms with Crippen LogP contribution in [0, 0.1) is 5.92 Å². The van der Waals surface area contributed by atoms with Gasteiger partial charge in [-0.05, 0) is 43.4 Å². The number of nitrogens with one attached hydrogen (secondary N) is 4. The van der Waals surface area contributed by atoms with Crippen molar-refractivity contribution in [3.63, 3.8) is 0 Å². The van der Waals surface area contributed by atoms with Gasteiger partial charge in [0.05, 0.1) is 12.1 Å². The number of epoxide rings is 1. The molecule has 0 saturated carbocycles. The Hall–Kier alpha value is -4.33. The number of carboxylic acids is 1. The van der Waals surface area contributed by atoms with Crippen molar-refractivity contribution in [1.29, 1.82) is 0 Å². The van der Waals surface area contributed by atoms with Crippen LogP contribution in [-0.4, -0.2) is 88.7 Å². The molecule has 6 N–H and O–H groups in total. The topological polar surface area (TPSA) is 190 Å². The van der Waals surface area contributed by atoms with Crippen molar-refractivity contribution >= 4 is 29.6 Å². The van der Waals surface area contributed by atoms with E-state index in [4.69, 9.17) is 4.74 Å². The van der Waals surface area contributed by atoms with Crippen LogP contribution in [0.2, 0.25) is 0 Å². The van der Waals surface area contributed by atoms with Crippen LogP contribution in [0.4, 0.5) is 0 Å². The maximum absolute atomic E-state index is 13.0. The number of aliphatic hydroxyl groups is 1. The average molecular weight is 612 g/mol. The summed E-state index contributed by atoms with van der Waals surface area (Å²) in [5.74, 6) is -4.36. The Balaban J connectivity index is 1.48. The van der Waals surface area contributed by atoms with Gasteiger partial charge in [-0.25, -0.2) is 5.01 Å². The Morgan fingerprint density at radius 2 is 1.55 bits per heavy atom. The van der Waals surface area contributed by atoms with Crippen molar-refractivity contribution < 1.29 is 38.9 Å². The second-order valence-electron chi connectivity index (χ2n) is 10.9. The number of nitrogens with zero attached hydrogens (tertiary/aromatic N) is 1. The number of aryl methyl sites for hydroxylation is 1. The van der Waals surface area contributed by atoms with Crippen molar-refractivity contribution in [2.75, 3.05) is 19.6 Å². The average Bonchev–Trinajstić information content (AvgIpc) is 3.80. The van der Waals surface area contributed by atoms with E-state index in [0.29, 0.717) is 17.1 Å². The predicted molar refractivity (Wildman–Crippen MR) is 160 cm³/mol. The fraction of sp³-hybridized carbons (Fsp3) is 0.452. The molecular weight excluding hydrogens is 570 g/mol. The largest absolute Gasteiger partial charge is 0.480 e. The lowest BCUT2D eigenvalue weighted by atomic mass is 10.0. The third-order valence-electron chi connectivity index (χ3n) is 7.00. The second-order valence-corrected chi connectivity index (χ2v) is 10.9. The second kappa shape index (κ2) is 16.5. The van der Waals surface area contributed by atoms with Crippen LogP contribution in [0.25, 0.3) is 0 Å². The van der Waals surface area contributed by atoms with E-state index in [1.54, 1.807) is 30.3 Å². The highest BCUT2D eigenvalue weighted by molar-refractivity contribution is 5.97. The molecular formula is C31H41N5O8. The Morgan fingerprint density at radius 1 is 0.909 bits per heavy atom. The molecule has 4 amide bonds. The molecule has 13 heteroatoms. The first kappa shape index (κ1) is 34.2. The fourth-order valence-electron chi connectivity index (χ4n) is 4.48. The first-order valence-electron chi connectivity index (χ1n) is 14.6. The molecule has 0 aliphatic carbocycles. The van der Waals surface area contributed by atoms with Gasteiger partial charge >= 0.3 is 5.97 Å². The highest BCUT2D eigenvalue weighted by Gasteiger charge is 2.52. The molecule has 0 spiro atoms.